The molecule has 1 saturated heterocycles. The number of ether oxygens (including phenoxy) is 1. The number of carboxylic acid groups (broad SMARTS) is 1. The van der Waals surface area contributed by atoms with Gasteiger partial charge in [0, 0.05) is 0 Å². The third-order valence-corrected chi connectivity index (χ3v) is 1.95. The van der Waals surface area contributed by atoms with Crippen LogP contribution >= 0.6 is 0 Å². The number of hydrogen-bond acceptors (Lipinski definition) is 3. The van der Waals surface area contributed by atoms with Gasteiger partial charge in [0.1, 0.15) is 6.10 Å². The van der Waals surface area contributed by atoms with Gasteiger partial charge in [0.25, 0.3) is 6.43 Å². The number of aliphatic hydroxyl groups is 1. The van der Waals surface area contributed by atoms with E-state index in [1.165, 1.54) is 0 Å². The Morgan fingerprint density at radius 2 is 2.21 bits per heavy atom. The van der Waals surface area contributed by atoms with Gasteiger partial charge in [0.15, 0.2) is 0 Å². The average molecular weight is 211 g/mol. The SMILES string of the molecule is O=C(O)N1C[C@@H](CO)O[C@H](C(F)F)C1. The fourth-order valence-corrected chi connectivity index (χ4v) is 1.27. The Morgan fingerprint density at radius 1 is 1.57 bits per heavy atom. The Morgan fingerprint density at radius 3 is 2.64 bits per heavy atom. The lowest BCUT2D eigenvalue weighted by Crippen LogP contribution is -2.52. The van der Waals surface area contributed by atoms with Gasteiger partial charge in [-0.2, -0.15) is 0 Å². The fourth-order valence-electron chi connectivity index (χ4n) is 1.27. The number of alkyl halides is 2. The zero-order valence-corrected chi connectivity index (χ0v) is 7.27. The van der Waals surface area contributed by atoms with Gasteiger partial charge in [-0.1, -0.05) is 0 Å². The number of hydrogen-bond donors (Lipinski definition) is 2. The molecule has 0 bridgehead atoms. The minimum atomic E-state index is -2.74. The molecule has 0 spiro atoms. The van der Waals surface area contributed by atoms with Crippen molar-refractivity contribution in [2.45, 2.75) is 18.6 Å². The highest BCUT2D eigenvalue weighted by Gasteiger charge is 2.34. The van der Waals surface area contributed by atoms with E-state index in [-0.39, 0.29) is 13.1 Å². The van der Waals surface area contributed by atoms with Crippen molar-refractivity contribution in [3.63, 3.8) is 0 Å². The number of halogens is 2. The van der Waals surface area contributed by atoms with Crippen LogP contribution in [0.4, 0.5) is 13.6 Å². The first kappa shape index (κ1) is 11.1. The summed E-state index contributed by atoms with van der Waals surface area (Å²) in [6.45, 7) is -0.897. The zero-order valence-electron chi connectivity index (χ0n) is 7.27. The van der Waals surface area contributed by atoms with Gasteiger partial charge in [-0.25, -0.2) is 13.6 Å². The molecular formula is C7H11F2NO4. The Balaban J connectivity index is 2.61. The molecule has 0 radical (unpaired) electrons. The van der Waals surface area contributed by atoms with Crippen LogP contribution in [-0.2, 0) is 4.74 Å². The first-order valence-electron chi connectivity index (χ1n) is 4.07. The molecule has 0 unspecified atom stereocenters. The van der Waals surface area contributed by atoms with Gasteiger partial charge in [-0.15, -0.1) is 0 Å². The summed E-state index contributed by atoms with van der Waals surface area (Å²) in [4.78, 5) is 11.3. The zero-order chi connectivity index (χ0) is 10.7. The fraction of sp³-hybridized carbons (Fsp3) is 0.857. The predicted molar refractivity (Wildman–Crippen MR) is 41.3 cm³/mol. The van der Waals surface area contributed by atoms with Crippen LogP contribution in [0, 0.1) is 0 Å². The molecule has 82 valence electrons. The van der Waals surface area contributed by atoms with Crippen molar-refractivity contribution in [2.75, 3.05) is 19.7 Å². The maximum absolute atomic E-state index is 12.2. The minimum Gasteiger partial charge on any atom is -0.465 e. The molecule has 1 amide bonds. The van der Waals surface area contributed by atoms with E-state index in [0.717, 1.165) is 4.90 Å². The van der Waals surface area contributed by atoms with Crippen LogP contribution in [-0.4, -0.2) is 59.5 Å². The number of rotatable bonds is 2. The second-order valence-electron chi connectivity index (χ2n) is 3.00. The molecule has 14 heavy (non-hydrogen) atoms. The summed E-state index contributed by atoms with van der Waals surface area (Å²) in [5.74, 6) is 0. The Labute approximate surface area is 78.9 Å². The topological polar surface area (TPSA) is 70.0 Å². The lowest BCUT2D eigenvalue weighted by Gasteiger charge is -2.35. The van der Waals surface area contributed by atoms with Gasteiger partial charge < -0.3 is 19.8 Å². The molecule has 1 rings (SSSR count). The summed E-state index contributed by atoms with van der Waals surface area (Å²) in [5.41, 5.74) is 0. The van der Waals surface area contributed by atoms with Crippen molar-refractivity contribution in [3.05, 3.63) is 0 Å². The normalized spacial score (nSPS) is 28.1. The lowest BCUT2D eigenvalue weighted by molar-refractivity contribution is -0.145. The lowest BCUT2D eigenvalue weighted by atomic mass is 10.2. The van der Waals surface area contributed by atoms with Crippen LogP contribution in [0.3, 0.4) is 0 Å². The Bertz CT molecular complexity index is 214. The Kier molecular flexibility index (Phi) is 3.59. The second kappa shape index (κ2) is 4.52. The van der Waals surface area contributed by atoms with Gasteiger partial charge in [-0.3, -0.25) is 0 Å². The van der Waals surface area contributed by atoms with Crippen molar-refractivity contribution in [1.82, 2.24) is 4.90 Å². The predicted octanol–water partition coefficient (Wildman–Crippen LogP) is -0.00880. The quantitative estimate of drug-likeness (QED) is 0.674. The van der Waals surface area contributed by atoms with Crippen molar-refractivity contribution in [2.24, 2.45) is 0 Å². The number of aliphatic hydroxyl groups excluding tert-OH is 1. The second-order valence-corrected chi connectivity index (χ2v) is 3.00. The number of nitrogens with zero attached hydrogens (tertiary/aromatic N) is 1. The molecule has 2 atom stereocenters. The summed E-state index contributed by atoms with van der Waals surface area (Å²) in [6, 6.07) is 0. The molecule has 1 aliphatic heterocycles. The summed E-state index contributed by atoms with van der Waals surface area (Å²) < 4.78 is 29.3. The van der Waals surface area contributed by atoms with E-state index in [0.29, 0.717) is 0 Å². The number of morpholine rings is 1. The first-order chi connectivity index (χ1) is 6.54. The van der Waals surface area contributed by atoms with Crippen LogP contribution in [0.15, 0.2) is 0 Å². The summed E-state index contributed by atoms with van der Waals surface area (Å²) in [6.07, 6.45) is -6.33. The van der Waals surface area contributed by atoms with Crippen LogP contribution in [0.1, 0.15) is 0 Å². The van der Waals surface area contributed by atoms with E-state index < -0.39 is 31.3 Å². The number of carbonyl (C=O) groups is 1. The van der Waals surface area contributed by atoms with Crippen LogP contribution < -0.4 is 0 Å². The number of amides is 1. The molecule has 1 aliphatic rings. The molecule has 0 aliphatic carbocycles. The smallest absolute Gasteiger partial charge is 0.407 e. The molecule has 0 aromatic rings. The molecule has 2 N–H and O–H groups in total. The highest BCUT2D eigenvalue weighted by molar-refractivity contribution is 5.65. The standard InChI is InChI=1S/C7H11F2NO4/c8-6(9)5-2-10(7(12)13)1-4(3-11)14-5/h4-6,11H,1-3H2,(H,12,13)/t4-,5-/m0/s1. The maximum atomic E-state index is 12.2. The Hall–Kier alpha value is -0.950. The van der Waals surface area contributed by atoms with E-state index >= 15 is 0 Å². The van der Waals surface area contributed by atoms with Crippen molar-refractivity contribution < 1.29 is 28.5 Å². The molecule has 7 heteroatoms. The average Bonchev–Trinajstić information content (AvgIpc) is 2.16. The van der Waals surface area contributed by atoms with E-state index in [2.05, 4.69) is 0 Å². The summed E-state index contributed by atoms with van der Waals surface area (Å²) >= 11 is 0. The summed E-state index contributed by atoms with van der Waals surface area (Å²) in [7, 11) is 0. The van der Waals surface area contributed by atoms with Crippen LogP contribution in [0.25, 0.3) is 0 Å². The van der Waals surface area contributed by atoms with Crippen molar-refractivity contribution in [3.8, 4) is 0 Å². The van der Waals surface area contributed by atoms with Crippen LogP contribution in [0.5, 0.6) is 0 Å². The third-order valence-electron chi connectivity index (χ3n) is 1.95. The van der Waals surface area contributed by atoms with E-state index in [9.17, 15) is 13.6 Å². The third kappa shape index (κ3) is 2.52. The molecule has 0 saturated carbocycles. The largest absolute Gasteiger partial charge is 0.465 e. The molecule has 0 aromatic heterocycles. The van der Waals surface area contributed by atoms with Gasteiger partial charge in [0.05, 0.1) is 25.8 Å². The molecule has 1 heterocycles. The first-order valence-corrected chi connectivity index (χ1v) is 4.07. The maximum Gasteiger partial charge on any atom is 0.407 e. The summed E-state index contributed by atoms with van der Waals surface area (Å²) in [5, 5.41) is 17.3. The molecule has 0 aromatic carbocycles. The highest BCUT2D eigenvalue weighted by Crippen LogP contribution is 2.16. The van der Waals surface area contributed by atoms with E-state index in [1.54, 1.807) is 0 Å². The van der Waals surface area contributed by atoms with Gasteiger partial charge in [-0.05, 0) is 0 Å². The van der Waals surface area contributed by atoms with Crippen molar-refractivity contribution in [1.29, 1.82) is 0 Å². The minimum absolute atomic E-state index is 0.0744. The monoisotopic (exact) mass is 211 g/mol. The highest BCUT2D eigenvalue weighted by atomic mass is 19.3. The van der Waals surface area contributed by atoms with E-state index in [4.69, 9.17) is 14.9 Å². The van der Waals surface area contributed by atoms with Gasteiger partial charge >= 0.3 is 6.09 Å². The van der Waals surface area contributed by atoms with Crippen LogP contribution in [0.2, 0.25) is 0 Å². The molecule has 5 nitrogen and oxygen atoms in total. The van der Waals surface area contributed by atoms with Crippen molar-refractivity contribution >= 4 is 6.09 Å². The van der Waals surface area contributed by atoms with Gasteiger partial charge in [0.2, 0.25) is 0 Å². The molecular weight excluding hydrogens is 200 g/mol. The molecule has 1 fully saturated rings. The van der Waals surface area contributed by atoms with E-state index in [1.807, 2.05) is 0 Å².